The molecule has 0 amide bonds. The Balaban J connectivity index is 2.18. The SMILES string of the molecule is CC(Sc1ccccn1)(C1CCCCC1)[N+](=O)[O-]. The van der Waals surface area contributed by atoms with Crippen molar-refractivity contribution in [2.24, 2.45) is 5.92 Å². The number of hydrogen-bond donors (Lipinski definition) is 0. The number of nitro groups is 1. The molecule has 0 bridgehead atoms. The minimum absolute atomic E-state index is 0.123. The molecule has 1 aromatic rings. The van der Waals surface area contributed by atoms with Crippen molar-refractivity contribution >= 4 is 11.8 Å². The van der Waals surface area contributed by atoms with Crippen molar-refractivity contribution in [2.45, 2.75) is 48.9 Å². The van der Waals surface area contributed by atoms with Gasteiger partial charge in [0, 0.05) is 24.0 Å². The number of thioether (sulfide) groups is 1. The zero-order valence-electron chi connectivity index (χ0n) is 10.5. The molecule has 1 heterocycles. The van der Waals surface area contributed by atoms with Crippen LogP contribution in [0.2, 0.25) is 0 Å². The standard InChI is InChI=1S/C13H18N2O2S/c1-13(15(16)17,11-7-3-2-4-8-11)18-12-9-5-6-10-14-12/h5-6,9-11H,2-4,7-8H2,1H3. The van der Waals surface area contributed by atoms with Gasteiger partial charge >= 0.3 is 0 Å². The van der Waals surface area contributed by atoms with E-state index in [-0.39, 0.29) is 10.8 Å². The molecule has 1 atom stereocenters. The topological polar surface area (TPSA) is 56.0 Å². The van der Waals surface area contributed by atoms with E-state index in [1.807, 2.05) is 18.2 Å². The van der Waals surface area contributed by atoms with E-state index in [9.17, 15) is 10.1 Å². The lowest BCUT2D eigenvalue weighted by Crippen LogP contribution is -2.40. The molecular weight excluding hydrogens is 248 g/mol. The molecule has 0 saturated heterocycles. The summed E-state index contributed by atoms with van der Waals surface area (Å²) in [6, 6.07) is 5.54. The largest absolute Gasteiger partial charge is 0.272 e. The first kappa shape index (κ1) is 13.3. The van der Waals surface area contributed by atoms with Crippen molar-refractivity contribution < 1.29 is 4.92 Å². The summed E-state index contributed by atoms with van der Waals surface area (Å²) < 4.78 is 0. The van der Waals surface area contributed by atoms with Gasteiger partial charge in [-0.25, -0.2) is 4.98 Å². The smallest absolute Gasteiger partial charge is 0.263 e. The summed E-state index contributed by atoms with van der Waals surface area (Å²) in [4.78, 5) is 14.6. The lowest BCUT2D eigenvalue weighted by molar-refractivity contribution is -0.545. The van der Waals surface area contributed by atoms with Crippen LogP contribution in [0.3, 0.4) is 0 Å². The summed E-state index contributed by atoms with van der Waals surface area (Å²) in [5, 5.41) is 12.2. The summed E-state index contributed by atoms with van der Waals surface area (Å²) in [6.45, 7) is 1.75. The first-order chi connectivity index (χ1) is 8.63. The number of rotatable bonds is 4. The van der Waals surface area contributed by atoms with Crippen LogP contribution in [0, 0.1) is 16.0 Å². The van der Waals surface area contributed by atoms with Gasteiger partial charge < -0.3 is 0 Å². The molecule has 1 unspecified atom stereocenters. The molecule has 1 fully saturated rings. The highest BCUT2D eigenvalue weighted by Gasteiger charge is 2.47. The Kier molecular flexibility index (Phi) is 4.22. The number of hydrogen-bond acceptors (Lipinski definition) is 4. The lowest BCUT2D eigenvalue weighted by Gasteiger charge is -2.31. The predicted octanol–water partition coefficient (Wildman–Crippen LogP) is 3.75. The minimum Gasteiger partial charge on any atom is -0.263 e. The normalized spacial score (nSPS) is 20.3. The maximum absolute atomic E-state index is 11.5. The third kappa shape index (κ3) is 2.83. The van der Waals surface area contributed by atoms with Crippen molar-refractivity contribution in [1.82, 2.24) is 4.98 Å². The Morgan fingerprint density at radius 1 is 1.39 bits per heavy atom. The second-order valence-electron chi connectivity index (χ2n) is 4.92. The summed E-state index contributed by atoms with van der Waals surface area (Å²) in [6.07, 6.45) is 7.02. The third-order valence-corrected chi connectivity index (χ3v) is 5.02. The molecule has 1 saturated carbocycles. The second-order valence-corrected chi connectivity index (χ2v) is 6.37. The highest BCUT2D eigenvalue weighted by molar-refractivity contribution is 8.00. The van der Waals surface area contributed by atoms with E-state index in [4.69, 9.17) is 0 Å². The van der Waals surface area contributed by atoms with Gasteiger partial charge in [-0.15, -0.1) is 0 Å². The van der Waals surface area contributed by atoms with E-state index in [1.54, 1.807) is 13.1 Å². The molecule has 1 aliphatic carbocycles. The maximum Gasteiger partial charge on any atom is 0.272 e. The molecule has 4 nitrogen and oxygen atoms in total. The Bertz CT molecular complexity index is 407. The van der Waals surface area contributed by atoms with Gasteiger partial charge in [0.15, 0.2) is 0 Å². The molecule has 1 aromatic heterocycles. The van der Waals surface area contributed by atoms with Crippen LogP contribution >= 0.6 is 11.8 Å². The van der Waals surface area contributed by atoms with Gasteiger partial charge in [-0.3, -0.25) is 10.1 Å². The van der Waals surface area contributed by atoms with Gasteiger partial charge in [0.25, 0.3) is 4.87 Å². The van der Waals surface area contributed by atoms with Crippen LogP contribution in [0.5, 0.6) is 0 Å². The number of pyridine rings is 1. The number of nitrogens with zero attached hydrogens (tertiary/aromatic N) is 2. The average molecular weight is 266 g/mol. The molecule has 2 rings (SSSR count). The molecule has 0 spiro atoms. The van der Waals surface area contributed by atoms with Crippen LogP contribution in [0.1, 0.15) is 39.0 Å². The van der Waals surface area contributed by atoms with Gasteiger partial charge in [-0.1, -0.05) is 25.3 Å². The number of aromatic nitrogens is 1. The van der Waals surface area contributed by atoms with Crippen LogP contribution < -0.4 is 0 Å². The van der Waals surface area contributed by atoms with Crippen LogP contribution in [-0.4, -0.2) is 14.8 Å². The van der Waals surface area contributed by atoms with Crippen molar-refractivity contribution in [3.8, 4) is 0 Å². The summed E-state index contributed by atoms with van der Waals surface area (Å²) in [7, 11) is 0. The van der Waals surface area contributed by atoms with Crippen molar-refractivity contribution in [2.75, 3.05) is 0 Å². The summed E-state index contributed by atoms with van der Waals surface area (Å²) in [5.74, 6) is 0.147. The molecule has 18 heavy (non-hydrogen) atoms. The predicted molar refractivity (Wildman–Crippen MR) is 72.1 cm³/mol. The molecule has 0 aliphatic heterocycles. The third-order valence-electron chi connectivity index (χ3n) is 3.67. The Hall–Kier alpha value is -1.10. The Morgan fingerprint density at radius 3 is 2.67 bits per heavy atom. The molecule has 5 heteroatoms. The zero-order chi connectivity index (χ0) is 13.0. The molecule has 0 radical (unpaired) electrons. The van der Waals surface area contributed by atoms with Gasteiger partial charge in [0.2, 0.25) is 0 Å². The fourth-order valence-electron chi connectivity index (χ4n) is 2.53. The first-order valence-electron chi connectivity index (χ1n) is 6.37. The first-order valence-corrected chi connectivity index (χ1v) is 7.19. The van der Waals surface area contributed by atoms with Crippen LogP contribution in [0.4, 0.5) is 0 Å². The average Bonchev–Trinajstić information content (AvgIpc) is 2.40. The minimum atomic E-state index is -0.950. The van der Waals surface area contributed by atoms with Crippen molar-refractivity contribution in [1.29, 1.82) is 0 Å². The molecule has 0 aromatic carbocycles. The van der Waals surface area contributed by atoms with E-state index in [0.717, 1.165) is 30.7 Å². The van der Waals surface area contributed by atoms with Gasteiger partial charge in [0.1, 0.15) is 5.03 Å². The Morgan fingerprint density at radius 2 is 2.11 bits per heavy atom. The van der Waals surface area contributed by atoms with E-state index in [0.29, 0.717) is 0 Å². The second kappa shape index (κ2) is 5.69. The van der Waals surface area contributed by atoms with Crippen LogP contribution in [0.25, 0.3) is 0 Å². The molecule has 1 aliphatic rings. The zero-order valence-corrected chi connectivity index (χ0v) is 11.4. The van der Waals surface area contributed by atoms with Crippen LogP contribution in [0.15, 0.2) is 29.4 Å². The summed E-state index contributed by atoms with van der Waals surface area (Å²) >= 11 is 1.30. The van der Waals surface area contributed by atoms with E-state index < -0.39 is 4.87 Å². The van der Waals surface area contributed by atoms with Crippen molar-refractivity contribution in [3.63, 3.8) is 0 Å². The summed E-state index contributed by atoms with van der Waals surface area (Å²) in [5.41, 5.74) is 0. The molecule has 0 N–H and O–H groups in total. The lowest BCUT2D eigenvalue weighted by atomic mass is 9.84. The monoisotopic (exact) mass is 266 g/mol. The fourth-order valence-corrected chi connectivity index (χ4v) is 3.69. The highest BCUT2D eigenvalue weighted by atomic mass is 32.2. The van der Waals surface area contributed by atoms with Gasteiger partial charge in [-0.05, 0) is 36.7 Å². The van der Waals surface area contributed by atoms with Gasteiger partial charge in [0.05, 0.1) is 0 Å². The van der Waals surface area contributed by atoms with E-state index in [1.165, 1.54) is 18.2 Å². The quantitative estimate of drug-likeness (QED) is 0.360. The van der Waals surface area contributed by atoms with Crippen LogP contribution in [-0.2, 0) is 0 Å². The Labute approximate surface area is 111 Å². The molecular formula is C13H18N2O2S. The molecule has 98 valence electrons. The van der Waals surface area contributed by atoms with E-state index in [2.05, 4.69) is 4.98 Å². The highest BCUT2D eigenvalue weighted by Crippen LogP contribution is 2.44. The van der Waals surface area contributed by atoms with Gasteiger partial charge in [-0.2, -0.15) is 0 Å². The fraction of sp³-hybridized carbons (Fsp3) is 0.615. The van der Waals surface area contributed by atoms with Crippen molar-refractivity contribution in [3.05, 3.63) is 34.5 Å². The maximum atomic E-state index is 11.5. The van der Waals surface area contributed by atoms with E-state index >= 15 is 0 Å².